The molecule has 1 aliphatic rings. The van der Waals surface area contributed by atoms with E-state index in [0.717, 1.165) is 0 Å². The zero-order valence-corrected chi connectivity index (χ0v) is 13.2. The molecule has 1 aromatic carbocycles. The molecule has 0 amide bonds. The molecule has 5 heteroatoms. The van der Waals surface area contributed by atoms with Gasteiger partial charge in [0.15, 0.2) is 6.61 Å². The number of hydrogen-bond acceptors (Lipinski definition) is 5. The number of hydrogen-bond donors (Lipinski definition) is 1. The predicted molar refractivity (Wildman–Crippen MR) is 80.5 cm³/mol. The van der Waals surface area contributed by atoms with Gasteiger partial charge >= 0.3 is 5.97 Å². The molecule has 1 aromatic rings. The van der Waals surface area contributed by atoms with Crippen molar-refractivity contribution >= 4 is 11.8 Å². The fourth-order valence-corrected chi connectivity index (χ4v) is 2.48. The smallest absolute Gasteiger partial charge is 0.338 e. The monoisotopic (exact) mass is 306 g/mol. The molecule has 0 spiro atoms. The van der Waals surface area contributed by atoms with Gasteiger partial charge in [0.1, 0.15) is 5.60 Å². The molecular weight excluding hydrogens is 284 g/mol. The quantitative estimate of drug-likeness (QED) is 0.844. The first-order valence-electron chi connectivity index (χ1n) is 7.38. The van der Waals surface area contributed by atoms with Gasteiger partial charge in [-0.3, -0.25) is 4.79 Å². The SMILES string of the molecule is CC(C)(O)[C@H]1CC[C@](C)(C(=O)COC(=O)c2ccccc2)O1. The summed E-state index contributed by atoms with van der Waals surface area (Å²) in [6.45, 7) is 4.66. The minimum absolute atomic E-state index is 0.288. The van der Waals surface area contributed by atoms with Crippen LogP contribution in [-0.2, 0) is 14.3 Å². The van der Waals surface area contributed by atoms with Crippen LogP contribution >= 0.6 is 0 Å². The van der Waals surface area contributed by atoms with Gasteiger partial charge in [-0.05, 0) is 45.7 Å². The second-order valence-electron chi connectivity index (χ2n) is 6.40. The molecule has 1 saturated heterocycles. The Hall–Kier alpha value is -1.72. The minimum atomic E-state index is -1.01. The Bertz CT molecular complexity index is 546. The van der Waals surface area contributed by atoms with Gasteiger partial charge in [0.2, 0.25) is 5.78 Å². The van der Waals surface area contributed by atoms with Gasteiger partial charge < -0.3 is 14.6 Å². The average Bonchev–Trinajstić information content (AvgIpc) is 2.89. The van der Waals surface area contributed by atoms with Crippen LogP contribution in [0.15, 0.2) is 30.3 Å². The molecule has 22 heavy (non-hydrogen) atoms. The summed E-state index contributed by atoms with van der Waals surface area (Å²) < 4.78 is 10.8. The Balaban J connectivity index is 1.91. The van der Waals surface area contributed by atoms with Gasteiger partial charge in [-0.15, -0.1) is 0 Å². The van der Waals surface area contributed by atoms with Gasteiger partial charge in [0, 0.05) is 0 Å². The maximum atomic E-state index is 12.3. The molecule has 0 unspecified atom stereocenters. The number of aliphatic hydroxyl groups is 1. The van der Waals surface area contributed by atoms with E-state index in [1.165, 1.54) is 0 Å². The summed E-state index contributed by atoms with van der Waals surface area (Å²) in [5, 5.41) is 9.98. The molecule has 1 fully saturated rings. The normalized spacial score (nSPS) is 25.0. The van der Waals surface area contributed by atoms with Gasteiger partial charge in [-0.2, -0.15) is 0 Å². The molecule has 1 heterocycles. The van der Waals surface area contributed by atoms with E-state index in [0.29, 0.717) is 18.4 Å². The zero-order chi connectivity index (χ0) is 16.4. The largest absolute Gasteiger partial charge is 0.454 e. The van der Waals surface area contributed by atoms with Crippen molar-refractivity contribution in [3.8, 4) is 0 Å². The fraction of sp³-hybridized carbons (Fsp3) is 0.529. The van der Waals surface area contributed by atoms with Crippen molar-refractivity contribution in [2.75, 3.05) is 6.61 Å². The molecule has 120 valence electrons. The summed E-state index contributed by atoms with van der Waals surface area (Å²) in [5.74, 6) is -0.821. The summed E-state index contributed by atoms with van der Waals surface area (Å²) in [6, 6.07) is 8.52. The van der Waals surface area contributed by atoms with Crippen molar-refractivity contribution in [1.29, 1.82) is 0 Å². The Morgan fingerprint density at radius 2 is 2.00 bits per heavy atom. The summed E-state index contributed by atoms with van der Waals surface area (Å²) >= 11 is 0. The van der Waals surface area contributed by atoms with Crippen molar-refractivity contribution < 1.29 is 24.2 Å². The Morgan fingerprint density at radius 1 is 1.36 bits per heavy atom. The van der Waals surface area contributed by atoms with Crippen LogP contribution in [0.3, 0.4) is 0 Å². The molecule has 0 saturated carbocycles. The van der Waals surface area contributed by atoms with E-state index in [-0.39, 0.29) is 12.4 Å². The number of carbonyl (C=O) groups excluding carboxylic acids is 2. The highest BCUT2D eigenvalue weighted by Gasteiger charge is 2.46. The third-order valence-corrected chi connectivity index (χ3v) is 4.01. The lowest BCUT2D eigenvalue weighted by atomic mass is 9.94. The highest BCUT2D eigenvalue weighted by Crippen LogP contribution is 2.35. The number of Topliss-reactive ketones (excluding diaryl/α,β-unsaturated/α-hetero) is 1. The first kappa shape index (κ1) is 16.6. The summed E-state index contributed by atoms with van der Waals surface area (Å²) in [6.07, 6.45) is 0.702. The number of ether oxygens (including phenoxy) is 2. The van der Waals surface area contributed by atoms with Crippen LogP contribution in [0.1, 0.15) is 44.0 Å². The number of rotatable bonds is 5. The van der Waals surface area contributed by atoms with E-state index in [2.05, 4.69) is 0 Å². The fourth-order valence-electron chi connectivity index (χ4n) is 2.48. The van der Waals surface area contributed by atoms with Crippen LogP contribution in [0.4, 0.5) is 0 Å². The van der Waals surface area contributed by atoms with Gasteiger partial charge in [-0.25, -0.2) is 4.79 Å². The molecule has 0 bridgehead atoms. The lowest BCUT2D eigenvalue weighted by Gasteiger charge is -2.29. The highest BCUT2D eigenvalue weighted by molar-refractivity contribution is 5.93. The van der Waals surface area contributed by atoms with Crippen molar-refractivity contribution in [2.24, 2.45) is 0 Å². The van der Waals surface area contributed by atoms with E-state index in [4.69, 9.17) is 9.47 Å². The van der Waals surface area contributed by atoms with Crippen molar-refractivity contribution in [2.45, 2.75) is 50.9 Å². The molecule has 5 nitrogen and oxygen atoms in total. The molecule has 2 atom stereocenters. The molecule has 0 aliphatic carbocycles. The molecule has 0 radical (unpaired) electrons. The molecule has 1 N–H and O–H groups in total. The maximum absolute atomic E-state index is 12.3. The number of carbonyl (C=O) groups is 2. The maximum Gasteiger partial charge on any atom is 0.338 e. The van der Waals surface area contributed by atoms with Gasteiger partial charge in [-0.1, -0.05) is 18.2 Å². The molecule has 1 aliphatic heterocycles. The molecule has 2 rings (SSSR count). The summed E-state index contributed by atoms with van der Waals surface area (Å²) in [7, 11) is 0. The van der Waals surface area contributed by atoms with Crippen LogP contribution in [0.5, 0.6) is 0 Å². The topological polar surface area (TPSA) is 72.8 Å². The molecular formula is C17H22O5. The Kier molecular flexibility index (Phi) is 4.68. The van der Waals surface area contributed by atoms with Crippen LogP contribution < -0.4 is 0 Å². The zero-order valence-electron chi connectivity index (χ0n) is 13.2. The Morgan fingerprint density at radius 3 is 2.55 bits per heavy atom. The number of ketones is 1. The van der Waals surface area contributed by atoms with Crippen LogP contribution in [0, 0.1) is 0 Å². The standard InChI is InChI=1S/C17H22O5/c1-16(2,20)14-9-10-17(3,22-14)13(18)11-21-15(19)12-7-5-4-6-8-12/h4-8,14,20H,9-11H2,1-3H3/t14-,17-/m1/s1. The predicted octanol–water partition coefficient (Wildman–Crippen LogP) is 2.12. The van der Waals surface area contributed by atoms with Crippen molar-refractivity contribution in [3.63, 3.8) is 0 Å². The van der Waals surface area contributed by atoms with Gasteiger partial charge in [0.05, 0.1) is 17.3 Å². The van der Waals surface area contributed by atoms with Gasteiger partial charge in [0.25, 0.3) is 0 Å². The van der Waals surface area contributed by atoms with E-state index in [1.807, 2.05) is 0 Å². The summed E-state index contributed by atoms with van der Waals surface area (Å²) in [4.78, 5) is 24.1. The first-order chi connectivity index (χ1) is 10.2. The first-order valence-corrected chi connectivity index (χ1v) is 7.38. The third kappa shape index (κ3) is 3.72. The number of esters is 1. The second-order valence-corrected chi connectivity index (χ2v) is 6.40. The van der Waals surface area contributed by atoms with Crippen molar-refractivity contribution in [3.05, 3.63) is 35.9 Å². The van der Waals surface area contributed by atoms with E-state index in [1.54, 1.807) is 51.1 Å². The Labute approximate surface area is 130 Å². The van der Waals surface area contributed by atoms with E-state index < -0.39 is 23.3 Å². The van der Waals surface area contributed by atoms with Crippen LogP contribution in [0.2, 0.25) is 0 Å². The average molecular weight is 306 g/mol. The summed E-state index contributed by atoms with van der Waals surface area (Å²) in [5.41, 5.74) is -1.61. The highest BCUT2D eigenvalue weighted by atomic mass is 16.6. The lowest BCUT2D eigenvalue weighted by Crippen LogP contribution is -2.43. The number of benzene rings is 1. The van der Waals surface area contributed by atoms with E-state index in [9.17, 15) is 14.7 Å². The minimum Gasteiger partial charge on any atom is -0.454 e. The van der Waals surface area contributed by atoms with Crippen LogP contribution in [-0.4, -0.2) is 40.8 Å². The second kappa shape index (κ2) is 6.18. The molecule has 0 aromatic heterocycles. The van der Waals surface area contributed by atoms with Crippen molar-refractivity contribution in [1.82, 2.24) is 0 Å². The third-order valence-electron chi connectivity index (χ3n) is 4.01. The van der Waals surface area contributed by atoms with Crippen LogP contribution in [0.25, 0.3) is 0 Å². The van der Waals surface area contributed by atoms with E-state index >= 15 is 0 Å². The lowest BCUT2D eigenvalue weighted by molar-refractivity contribution is -0.155.